The van der Waals surface area contributed by atoms with Gasteiger partial charge >= 0.3 is 23.0 Å². The topological polar surface area (TPSA) is 129 Å². The molecule has 0 spiro atoms. The fraction of sp³-hybridized carbons (Fsp3) is 0.692. The molecule has 0 aromatic carbocycles. The summed E-state index contributed by atoms with van der Waals surface area (Å²) < 4.78 is 23.8. The standard InChI is InChI=1S/C20H30N4O.C19H28N4O.O2S/c1-20(2,3)12-24-17-7-6-16(21-18(17)23(5)19(24)25)13-8-14-10-22(4)11-15(14)9-13;1-19(2,3)11-23-16-6-5-15(21-17(16)22(4)18(23)24)12-7-13-9-20-10-14(13)8-12;1-3-2/h6-7,13-15H,8-12H2,1-5H3;5-6,12-14,20H,7-11H2,1-4H3;. The van der Waals surface area contributed by atoms with Crippen LogP contribution in [-0.4, -0.2) is 74.8 Å². The van der Waals surface area contributed by atoms with E-state index in [0.29, 0.717) is 24.9 Å². The Morgan fingerprint density at radius 2 is 1.02 bits per heavy atom. The van der Waals surface area contributed by atoms with Crippen molar-refractivity contribution in [2.24, 2.45) is 48.6 Å². The van der Waals surface area contributed by atoms with Gasteiger partial charge in [0.15, 0.2) is 11.3 Å². The molecule has 8 rings (SSSR count). The van der Waals surface area contributed by atoms with Crippen LogP contribution in [0, 0.1) is 34.5 Å². The Hall–Kier alpha value is -3.42. The summed E-state index contributed by atoms with van der Waals surface area (Å²) >= 11 is -0.750. The van der Waals surface area contributed by atoms with Crippen LogP contribution in [0.25, 0.3) is 22.3 Å². The molecule has 1 N–H and O–H groups in total. The Kier molecular flexibility index (Phi) is 10.9. The average molecular weight is 735 g/mol. The zero-order valence-electron chi connectivity index (χ0n) is 32.5. The Morgan fingerprint density at radius 3 is 1.38 bits per heavy atom. The first-order valence-electron chi connectivity index (χ1n) is 18.9. The minimum Gasteiger partial charge on any atom is -0.316 e. The van der Waals surface area contributed by atoms with Gasteiger partial charge in [-0.2, -0.15) is 8.42 Å². The molecule has 6 heterocycles. The number of fused-ring (bicyclic) bond motifs is 4. The van der Waals surface area contributed by atoms with Crippen LogP contribution in [-0.2, 0) is 38.8 Å². The van der Waals surface area contributed by atoms with Gasteiger partial charge in [-0.25, -0.2) is 19.6 Å². The first-order valence-corrected chi connectivity index (χ1v) is 19.6. The molecule has 4 aliphatic rings. The molecule has 4 fully saturated rings. The van der Waals surface area contributed by atoms with Crippen LogP contribution < -0.4 is 16.7 Å². The number of hydrogen-bond donors (Lipinski definition) is 1. The maximum atomic E-state index is 12.7. The third-order valence-corrected chi connectivity index (χ3v) is 11.7. The molecule has 12 nitrogen and oxygen atoms in total. The maximum Gasteiger partial charge on any atom is 0.335 e. The van der Waals surface area contributed by atoms with Crippen molar-refractivity contribution in [3.63, 3.8) is 0 Å². The Labute approximate surface area is 310 Å². The molecule has 52 heavy (non-hydrogen) atoms. The fourth-order valence-corrected chi connectivity index (χ4v) is 9.47. The van der Waals surface area contributed by atoms with E-state index in [0.717, 1.165) is 59.1 Å². The summed E-state index contributed by atoms with van der Waals surface area (Å²) in [6, 6.07) is 8.54. The zero-order chi connectivity index (χ0) is 37.7. The number of hydrogen-bond acceptors (Lipinski definition) is 8. The van der Waals surface area contributed by atoms with Crippen LogP contribution in [0.1, 0.15) is 90.4 Å². The molecule has 0 radical (unpaired) electrons. The lowest BCUT2D eigenvalue weighted by Gasteiger charge is -2.18. The van der Waals surface area contributed by atoms with E-state index < -0.39 is 11.6 Å². The summed E-state index contributed by atoms with van der Waals surface area (Å²) in [5, 5.41) is 3.50. The van der Waals surface area contributed by atoms with Crippen molar-refractivity contribution in [1.82, 2.24) is 38.5 Å². The minimum atomic E-state index is -0.750. The molecule has 4 unspecified atom stereocenters. The summed E-state index contributed by atoms with van der Waals surface area (Å²) in [5.74, 6) is 4.36. The monoisotopic (exact) mass is 734 g/mol. The fourth-order valence-electron chi connectivity index (χ4n) is 9.47. The number of rotatable bonds is 4. The molecule has 284 valence electrons. The molecule has 13 heteroatoms. The van der Waals surface area contributed by atoms with Gasteiger partial charge in [0.2, 0.25) is 0 Å². The van der Waals surface area contributed by atoms with Crippen molar-refractivity contribution in [3.8, 4) is 0 Å². The van der Waals surface area contributed by atoms with E-state index in [1.54, 1.807) is 9.13 Å². The molecule has 2 aliphatic heterocycles. The van der Waals surface area contributed by atoms with Crippen molar-refractivity contribution in [1.29, 1.82) is 0 Å². The van der Waals surface area contributed by atoms with Gasteiger partial charge in [0.05, 0.1) is 11.0 Å². The Balaban J connectivity index is 0.000000166. The van der Waals surface area contributed by atoms with E-state index in [9.17, 15) is 9.59 Å². The van der Waals surface area contributed by atoms with Gasteiger partial charge in [0, 0.05) is 63.5 Å². The predicted molar refractivity (Wildman–Crippen MR) is 206 cm³/mol. The summed E-state index contributed by atoms with van der Waals surface area (Å²) in [4.78, 5) is 37.6. The molecular formula is C39H58N8O4S. The maximum absolute atomic E-state index is 12.7. The third kappa shape index (κ3) is 7.91. The molecular weight excluding hydrogens is 677 g/mol. The first kappa shape index (κ1) is 38.3. The van der Waals surface area contributed by atoms with E-state index in [1.165, 1.54) is 50.2 Å². The van der Waals surface area contributed by atoms with Gasteiger partial charge in [-0.1, -0.05) is 41.5 Å². The van der Waals surface area contributed by atoms with Gasteiger partial charge in [-0.3, -0.25) is 18.3 Å². The van der Waals surface area contributed by atoms with E-state index in [-0.39, 0.29) is 22.2 Å². The van der Waals surface area contributed by atoms with E-state index >= 15 is 0 Å². The number of nitrogens with zero attached hydrogens (tertiary/aromatic N) is 7. The van der Waals surface area contributed by atoms with Crippen LogP contribution in [0.3, 0.4) is 0 Å². The Morgan fingerprint density at radius 1 is 0.654 bits per heavy atom. The second kappa shape index (κ2) is 14.8. The summed E-state index contributed by atoms with van der Waals surface area (Å²) in [6.45, 7) is 19.1. The van der Waals surface area contributed by atoms with Gasteiger partial charge in [-0.05, 0) is 105 Å². The first-order chi connectivity index (χ1) is 24.5. The van der Waals surface area contributed by atoms with Gasteiger partial charge < -0.3 is 10.2 Å². The van der Waals surface area contributed by atoms with Crippen molar-refractivity contribution in [3.05, 3.63) is 56.6 Å². The molecule has 0 amide bonds. The molecule has 2 aliphatic carbocycles. The van der Waals surface area contributed by atoms with Crippen LogP contribution in [0.2, 0.25) is 0 Å². The second-order valence-corrected chi connectivity index (χ2v) is 18.6. The minimum absolute atomic E-state index is 0.0390. The SMILES string of the molecule is CN1CC2CC(c3ccc4c(n3)n(C)c(=O)n4CC(C)(C)C)CC2C1.Cn1c(=O)n(CC(C)(C)C)c2ccc(C3CC4CNCC4C3)nc21.O=S=O. The van der Waals surface area contributed by atoms with Gasteiger partial charge in [0.1, 0.15) is 0 Å². The summed E-state index contributed by atoms with van der Waals surface area (Å²) in [5.41, 5.74) is 6.13. The van der Waals surface area contributed by atoms with Crippen molar-refractivity contribution in [2.45, 2.75) is 92.2 Å². The van der Waals surface area contributed by atoms with E-state index in [1.807, 2.05) is 23.2 Å². The number of pyridine rings is 2. The Bertz CT molecular complexity index is 2050. The average Bonchev–Trinajstić information content (AvgIpc) is 3.90. The molecule has 4 aromatic rings. The number of likely N-dealkylation sites (tertiary alicyclic amines) is 1. The normalized spacial score (nSPS) is 25.9. The smallest absolute Gasteiger partial charge is 0.316 e. The lowest BCUT2D eigenvalue weighted by molar-refractivity contribution is 0.342. The highest BCUT2D eigenvalue weighted by Crippen LogP contribution is 2.46. The van der Waals surface area contributed by atoms with Crippen LogP contribution in [0.5, 0.6) is 0 Å². The number of aryl methyl sites for hydroxylation is 2. The quantitative estimate of drug-likeness (QED) is 0.321. The van der Waals surface area contributed by atoms with Crippen molar-refractivity contribution >= 4 is 33.9 Å². The summed E-state index contributed by atoms with van der Waals surface area (Å²) in [7, 11) is 5.91. The highest BCUT2D eigenvalue weighted by Gasteiger charge is 2.41. The molecule has 4 aromatic heterocycles. The van der Waals surface area contributed by atoms with Crippen molar-refractivity contribution < 1.29 is 8.42 Å². The van der Waals surface area contributed by atoms with Crippen LogP contribution in [0.4, 0.5) is 0 Å². The predicted octanol–water partition coefficient (Wildman–Crippen LogP) is 4.66. The highest BCUT2D eigenvalue weighted by atomic mass is 32.1. The lowest BCUT2D eigenvalue weighted by atomic mass is 9.97. The molecule has 4 atom stereocenters. The highest BCUT2D eigenvalue weighted by molar-refractivity contribution is 7.51. The van der Waals surface area contributed by atoms with E-state index in [2.05, 4.69) is 83.1 Å². The zero-order valence-corrected chi connectivity index (χ0v) is 33.3. The largest absolute Gasteiger partial charge is 0.335 e. The summed E-state index contributed by atoms with van der Waals surface area (Å²) in [6.07, 6.45) is 4.94. The van der Waals surface area contributed by atoms with Crippen molar-refractivity contribution in [2.75, 3.05) is 33.2 Å². The van der Waals surface area contributed by atoms with Gasteiger partial charge in [-0.15, -0.1) is 0 Å². The number of aromatic nitrogens is 6. The van der Waals surface area contributed by atoms with Crippen LogP contribution >= 0.6 is 0 Å². The second-order valence-electron chi connectivity index (χ2n) is 18.5. The molecule has 2 saturated carbocycles. The van der Waals surface area contributed by atoms with Gasteiger partial charge in [0.25, 0.3) is 0 Å². The lowest BCUT2D eigenvalue weighted by Crippen LogP contribution is -2.27. The number of imidazole rings is 2. The molecule has 0 bridgehead atoms. The third-order valence-electron chi connectivity index (χ3n) is 11.7. The van der Waals surface area contributed by atoms with Crippen LogP contribution in [0.15, 0.2) is 33.9 Å². The molecule has 2 saturated heterocycles. The number of nitrogens with one attached hydrogen (secondary N) is 1. The van der Waals surface area contributed by atoms with E-state index in [4.69, 9.17) is 18.4 Å².